The van der Waals surface area contributed by atoms with Gasteiger partial charge in [-0.25, -0.2) is 0 Å². The Balaban J connectivity index is 2.29. The number of hydrogen-bond acceptors (Lipinski definition) is 2. The van der Waals surface area contributed by atoms with Crippen LogP contribution in [0.2, 0.25) is 0 Å². The second-order valence-electron chi connectivity index (χ2n) is 4.65. The van der Waals surface area contributed by atoms with E-state index < -0.39 is 0 Å². The smallest absolute Gasteiger partial charge is 0.106 e. The molecule has 16 heavy (non-hydrogen) atoms. The molecule has 0 aliphatic heterocycles. The van der Waals surface area contributed by atoms with Gasteiger partial charge in [-0.1, -0.05) is 28.5 Å². The molecule has 0 fully saturated rings. The average molecular weight is 221 g/mol. The Bertz CT molecular complexity index is 285. The topological polar surface area (TPSA) is 21.6 Å². The van der Waals surface area contributed by atoms with Crippen molar-refractivity contribution < 1.29 is 4.84 Å². The van der Waals surface area contributed by atoms with Gasteiger partial charge in [0.2, 0.25) is 0 Å². The molecule has 1 aliphatic rings. The molecule has 0 aromatic heterocycles. The van der Waals surface area contributed by atoms with Crippen molar-refractivity contribution in [1.29, 1.82) is 0 Å². The highest BCUT2D eigenvalue weighted by atomic mass is 16.6. The third-order valence-electron chi connectivity index (χ3n) is 2.94. The van der Waals surface area contributed by atoms with E-state index >= 15 is 0 Å². The molecule has 0 amide bonds. The molecule has 0 bridgehead atoms. The minimum atomic E-state index is 0.576. The number of rotatable bonds is 5. The maximum Gasteiger partial charge on any atom is 0.106 e. The zero-order valence-electron chi connectivity index (χ0n) is 10.7. The monoisotopic (exact) mass is 221 g/mol. The molecule has 1 aliphatic carbocycles. The van der Waals surface area contributed by atoms with E-state index in [1.54, 1.807) is 12.7 Å². The van der Waals surface area contributed by atoms with Crippen LogP contribution in [-0.4, -0.2) is 13.3 Å². The van der Waals surface area contributed by atoms with Crippen LogP contribution < -0.4 is 0 Å². The van der Waals surface area contributed by atoms with E-state index in [1.807, 2.05) is 6.21 Å². The first-order valence-corrected chi connectivity index (χ1v) is 6.10. The standard InChI is InChI=1S/C14H23NO/c1-12(2)5-4-6-13-7-9-14(10-8-13)11-15-16-3/h5,7,11,14H,4,6,8-10H2,1-3H3/b15-11+. The van der Waals surface area contributed by atoms with E-state index in [-0.39, 0.29) is 0 Å². The minimum Gasteiger partial charge on any atom is -0.399 e. The molecule has 2 nitrogen and oxygen atoms in total. The summed E-state index contributed by atoms with van der Waals surface area (Å²) in [6.07, 6.45) is 12.6. The van der Waals surface area contributed by atoms with Crippen LogP contribution in [-0.2, 0) is 4.84 Å². The van der Waals surface area contributed by atoms with Crippen LogP contribution in [0.25, 0.3) is 0 Å². The Morgan fingerprint density at radius 1 is 1.56 bits per heavy atom. The summed E-state index contributed by atoms with van der Waals surface area (Å²) in [4.78, 5) is 4.70. The van der Waals surface area contributed by atoms with Gasteiger partial charge in [0.1, 0.15) is 7.11 Å². The third-order valence-corrected chi connectivity index (χ3v) is 2.94. The molecule has 1 rings (SSSR count). The van der Waals surface area contributed by atoms with Gasteiger partial charge in [-0.2, -0.15) is 0 Å². The lowest BCUT2D eigenvalue weighted by molar-refractivity contribution is 0.213. The molecule has 0 saturated heterocycles. The molecule has 90 valence electrons. The molecule has 0 aromatic rings. The summed E-state index contributed by atoms with van der Waals surface area (Å²) in [6.45, 7) is 4.32. The van der Waals surface area contributed by atoms with Crippen molar-refractivity contribution in [2.24, 2.45) is 11.1 Å². The van der Waals surface area contributed by atoms with E-state index in [2.05, 4.69) is 31.2 Å². The van der Waals surface area contributed by atoms with E-state index in [9.17, 15) is 0 Å². The predicted molar refractivity (Wildman–Crippen MR) is 69.6 cm³/mol. The van der Waals surface area contributed by atoms with Crippen molar-refractivity contribution in [2.45, 2.75) is 46.0 Å². The maximum absolute atomic E-state index is 4.70. The first-order chi connectivity index (χ1) is 7.72. The average Bonchev–Trinajstić information content (AvgIpc) is 2.27. The van der Waals surface area contributed by atoms with Crippen molar-refractivity contribution in [3.05, 3.63) is 23.3 Å². The van der Waals surface area contributed by atoms with Gasteiger partial charge in [0.15, 0.2) is 0 Å². The van der Waals surface area contributed by atoms with Crippen LogP contribution in [0.3, 0.4) is 0 Å². The van der Waals surface area contributed by atoms with Crippen molar-refractivity contribution in [2.75, 3.05) is 7.11 Å². The van der Waals surface area contributed by atoms with Crippen molar-refractivity contribution in [3.8, 4) is 0 Å². The lowest BCUT2D eigenvalue weighted by atomic mass is 9.88. The highest BCUT2D eigenvalue weighted by molar-refractivity contribution is 5.60. The summed E-state index contributed by atoms with van der Waals surface area (Å²) in [6, 6.07) is 0. The molecule has 0 heterocycles. The van der Waals surface area contributed by atoms with Gasteiger partial charge in [0.05, 0.1) is 0 Å². The van der Waals surface area contributed by atoms with Crippen molar-refractivity contribution >= 4 is 6.21 Å². The Labute approximate surface area is 99.1 Å². The fourth-order valence-corrected chi connectivity index (χ4v) is 1.96. The second-order valence-corrected chi connectivity index (χ2v) is 4.65. The van der Waals surface area contributed by atoms with Gasteiger partial charge in [0, 0.05) is 12.1 Å². The molecule has 1 unspecified atom stereocenters. The number of hydrogen-bond donors (Lipinski definition) is 0. The fourth-order valence-electron chi connectivity index (χ4n) is 1.96. The van der Waals surface area contributed by atoms with Crippen LogP contribution in [0, 0.1) is 5.92 Å². The molecule has 0 radical (unpaired) electrons. The van der Waals surface area contributed by atoms with Gasteiger partial charge in [-0.05, 0) is 46.0 Å². The summed E-state index contributed by atoms with van der Waals surface area (Å²) in [5.74, 6) is 0.576. The Hall–Kier alpha value is -1.05. The van der Waals surface area contributed by atoms with Crippen LogP contribution >= 0.6 is 0 Å². The first kappa shape index (κ1) is 13.0. The van der Waals surface area contributed by atoms with Crippen LogP contribution in [0.15, 0.2) is 28.5 Å². The van der Waals surface area contributed by atoms with Crippen LogP contribution in [0.5, 0.6) is 0 Å². The Kier molecular flexibility index (Phi) is 5.91. The lowest BCUT2D eigenvalue weighted by Crippen LogP contribution is -2.07. The van der Waals surface area contributed by atoms with E-state index in [0.717, 1.165) is 6.42 Å². The number of oxime groups is 1. The Morgan fingerprint density at radius 2 is 2.38 bits per heavy atom. The summed E-state index contributed by atoms with van der Waals surface area (Å²) < 4.78 is 0. The number of nitrogens with zero attached hydrogens (tertiary/aromatic N) is 1. The number of allylic oxidation sites excluding steroid dienone is 4. The van der Waals surface area contributed by atoms with Crippen LogP contribution in [0.4, 0.5) is 0 Å². The zero-order chi connectivity index (χ0) is 11.8. The largest absolute Gasteiger partial charge is 0.399 e. The van der Waals surface area contributed by atoms with Gasteiger partial charge in [-0.3, -0.25) is 0 Å². The predicted octanol–water partition coefficient (Wildman–Crippen LogP) is 4.09. The summed E-state index contributed by atoms with van der Waals surface area (Å²) in [5.41, 5.74) is 3.03. The van der Waals surface area contributed by atoms with Gasteiger partial charge in [0.25, 0.3) is 0 Å². The molecule has 0 aromatic carbocycles. The normalized spacial score (nSPS) is 20.7. The van der Waals surface area contributed by atoms with Gasteiger partial charge >= 0.3 is 0 Å². The summed E-state index contributed by atoms with van der Waals surface area (Å²) in [7, 11) is 1.60. The SMILES string of the molecule is CO/N=C/C1CC=C(CCC=C(C)C)CC1. The molecule has 1 atom stereocenters. The van der Waals surface area contributed by atoms with Crippen molar-refractivity contribution in [1.82, 2.24) is 0 Å². The van der Waals surface area contributed by atoms with Crippen LogP contribution in [0.1, 0.15) is 46.0 Å². The third kappa shape index (κ3) is 5.15. The Morgan fingerprint density at radius 3 is 2.94 bits per heavy atom. The summed E-state index contributed by atoms with van der Waals surface area (Å²) >= 11 is 0. The highest BCUT2D eigenvalue weighted by Gasteiger charge is 2.12. The summed E-state index contributed by atoms with van der Waals surface area (Å²) in [5, 5.41) is 3.84. The quantitative estimate of drug-likeness (QED) is 0.389. The fraction of sp³-hybridized carbons (Fsp3) is 0.643. The molecule has 0 spiro atoms. The first-order valence-electron chi connectivity index (χ1n) is 6.10. The van der Waals surface area contributed by atoms with E-state index in [1.165, 1.54) is 31.3 Å². The molecular weight excluding hydrogens is 198 g/mol. The maximum atomic E-state index is 4.70. The van der Waals surface area contributed by atoms with E-state index in [4.69, 9.17) is 4.84 Å². The van der Waals surface area contributed by atoms with Gasteiger partial charge < -0.3 is 4.84 Å². The second kappa shape index (κ2) is 7.26. The van der Waals surface area contributed by atoms with Crippen molar-refractivity contribution in [3.63, 3.8) is 0 Å². The zero-order valence-corrected chi connectivity index (χ0v) is 10.7. The molecular formula is C14H23NO. The van der Waals surface area contributed by atoms with E-state index in [0.29, 0.717) is 5.92 Å². The molecule has 0 saturated carbocycles. The lowest BCUT2D eigenvalue weighted by Gasteiger charge is -2.17. The minimum absolute atomic E-state index is 0.576. The molecule has 2 heteroatoms. The highest BCUT2D eigenvalue weighted by Crippen LogP contribution is 2.25. The van der Waals surface area contributed by atoms with Gasteiger partial charge in [-0.15, -0.1) is 0 Å². The molecule has 0 N–H and O–H groups in total.